The summed E-state index contributed by atoms with van der Waals surface area (Å²) in [7, 11) is 0. The van der Waals surface area contributed by atoms with Crippen LogP contribution in [0.25, 0.3) is 0 Å². The minimum absolute atomic E-state index is 0.114. The van der Waals surface area contributed by atoms with Crippen LogP contribution in [-0.2, 0) is 33.2 Å². The molecule has 56 heavy (non-hydrogen) atoms. The molecule has 0 aromatic rings. The van der Waals surface area contributed by atoms with Crippen LogP contribution in [0.2, 0.25) is 0 Å². The summed E-state index contributed by atoms with van der Waals surface area (Å²) in [4.78, 5) is 13.6. The van der Waals surface area contributed by atoms with Gasteiger partial charge in [-0.05, 0) is 92.1 Å². The second-order valence-corrected chi connectivity index (χ2v) is 18.4. The number of ether oxygens (including phenoxy) is 6. The van der Waals surface area contributed by atoms with Crippen molar-refractivity contribution in [1.82, 2.24) is 0 Å². The maximum Gasteiger partial charge on any atom is 0.312 e. The Bertz CT molecular complexity index is 1580. The first kappa shape index (κ1) is 41.1. The average Bonchev–Trinajstić information content (AvgIpc) is 3.74. The van der Waals surface area contributed by atoms with Gasteiger partial charge < -0.3 is 74.4 Å². The molecular formula is C40H60O16. The number of aliphatic hydroxyl groups excluding tert-OH is 7. The van der Waals surface area contributed by atoms with Crippen LogP contribution in [-0.4, -0.2) is 157 Å². The molecular weight excluding hydrogens is 736 g/mol. The number of hydrogen-bond donors (Lipinski definition) is 9. The summed E-state index contributed by atoms with van der Waals surface area (Å²) in [5.74, 6) is -3.85. The van der Waals surface area contributed by atoms with Gasteiger partial charge in [0, 0.05) is 12.5 Å². The van der Waals surface area contributed by atoms with E-state index < -0.39 is 110 Å². The molecule has 0 aromatic heterocycles. The van der Waals surface area contributed by atoms with Crippen LogP contribution in [0.4, 0.5) is 0 Å². The van der Waals surface area contributed by atoms with Gasteiger partial charge in [0.15, 0.2) is 30.1 Å². The molecule has 16 heteroatoms. The van der Waals surface area contributed by atoms with Crippen molar-refractivity contribution in [1.29, 1.82) is 0 Å². The standard InChI is InChI=1S/C40H60O16/c1-17(14-41)40(50)33-31(56-39(40,4)49)26(34(48)55-33)23-8-7-21-20-6-5-18-13-19(9-11-37(18,2)22(20)10-12-38(21,23)3)52-36-30(47)32(28(45)25(15-42)53-36)54-35-29(46)27(44)24(43)16-51-35/h7,17-19,23-33,35-36,41-47,49-50H,5-6,8-16H2,1-4H3/t17-,18-,19-,23+,24+,25+,26-,27-,28+,29+,30+,31?,32-,33?,35-,36+,37-,38-,39+,40+/m0/s1. The molecule has 4 aliphatic heterocycles. The summed E-state index contributed by atoms with van der Waals surface area (Å²) < 4.78 is 35.2. The second kappa shape index (κ2) is 14.5. The van der Waals surface area contributed by atoms with Crippen molar-refractivity contribution in [2.45, 2.75) is 164 Å². The van der Waals surface area contributed by atoms with E-state index in [4.69, 9.17) is 28.4 Å². The third-order valence-electron chi connectivity index (χ3n) is 15.5. The van der Waals surface area contributed by atoms with Gasteiger partial charge in [0.05, 0.1) is 25.2 Å². The van der Waals surface area contributed by atoms with E-state index in [1.807, 2.05) is 0 Å². The van der Waals surface area contributed by atoms with Crippen molar-refractivity contribution in [2.24, 2.45) is 34.5 Å². The summed E-state index contributed by atoms with van der Waals surface area (Å²) in [6.07, 6.45) is -6.67. The molecule has 0 spiro atoms. The van der Waals surface area contributed by atoms with Crippen molar-refractivity contribution in [3.8, 4) is 0 Å². The molecule has 5 fully saturated rings. The SMILES string of the molecule is C[C@@H](CO)[C@@]1(O)C2OC(=O)[C@@H]([C@H]3CC=C4C5=C(CC[C@@]43C)[C@@]3(C)CC[C@H](O[C@@H]4O[C@H](CO)[C@@H](O)[C@H](O[C@@H]6OC[C@@H](O)[C@H](O)[C@H]6O)[C@H]4O)C[C@@H]3CC5)C2O[C@@]1(C)O. The van der Waals surface area contributed by atoms with E-state index >= 15 is 0 Å². The molecule has 0 radical (unpaired) electrons. The van der Waals surface area contributed by atoms with E-state index in [-0.39, 0.29) is 35.4 Å². The molecule has 2 unspecified atom stereocenters. The second-order valence-electron chi connectivity index (χ2n) is 18.4. The first-order valence-corrected chi connectivity index (χ1v) is 20.4. The first-order chi connectivity index (χ1) is 26.4. The van der Waals surface area contributed by atoms with E-state index in [9.17, 15) is 50.8 Å². The zero-order valence-electron chi connectivity index (χ0n) is 32.5. The van der Waals surface area contributed by atoms with Crippen LogP contribution >= 0.6 is 0 Å². The Morgan fingerprint density at radius 3 is 2.38 bits per heavy atom. The van der Waals surface area contributed by atoms with Crippen LogP contribution in [0.3, 0.4) is 0 Å². The molecule has 8 rings (SSSR count). The van der Waals surface area contributed by atoms with Gasteiger partial charge in [-0.2, -0.15) is 0 Å². The Morgan fingerprint density at radius 1 is 0.911 bits per heavy atom. The summed E-state index contributed by atoms with van der Waals surface area (Å²) in [6.45, 7) is 6.16. The summed E-state index contributed by atoms with van der Waals surface area (Å²) in [5, 5.41) is 95.4. The van der Waals surface area contributed by atoms with E-state index in [1.165, 1.54) is 23.6 Å². The molecule has 4 saturated heterocycles. The quantitative estimate of drug-likeness (QED) is 0.138. The van der Waals surface area contributed by atoms with Gasteiger partial charge in [0.1, 0.15) is 48.8 Å². The molecule has 1 saturated carbocycles. The number of carbonyl (C=O) groups excluding carboxylic acids is 1. The topological polar surface area (TPSA) is 255 Å². The minimum atomic E-state index is -2.02. The highest BCUT2D eigenvalue weighted by Crippen LogP contribution is 2.66. The molecule has 0 amide bonds. The zero-order valence-corrected chi connectivity index (χ0v) is 32.5. The lowest BCUT2D eigenvalue weighted by Gasteiger charge is -2.54. The first-order valence-electron chi connectivity index (χ1n) is 20.4. The van der Waals surface area contributed by atoms with Crippen molar-refractivity contribution in [2.75, 3.05) is 19.8 Å². The third kappa shape index (κ3) is 6.04. The Kier molecular flexibility index (Phi) is 10.7. The Balaban J connectivity index is 0.955. The molecule has 20 atom stereocenters. The predicted octanol–water partition coefficient (Wildman–Crippen LogP) is -0.714. The Hall–Kier alpha value is -1.61. The van der Waals surface area contributed by atoms with E-state index in [2.05, 4.69) is 19.9 Å². The van der Waals surface area contributed by atoms with Crippen LogP contribution in [0.15, 0.2) is 22.8 Å². The molecule has 16 nitrogen and oxygen atoms in total. The van der Waals surface area contributed by atoms with E-state index in [0.717, 1.165) is 32.1 Å². The summed E-state index contributed by atoms with van der Waals surface area (Å²) in [5.41, 5.74) is 1.61. The lowest BCUT2D eigenvalue weighted by atomic mass is 9.51. The van der Waals surface area contributed by atoms with Crippen molar-refractivity contribution >= 4 is 5.97 Å². The fourth-order valence-corrected chi connectivity index (χ4v) is 12.1. The number of allylic oxidation sites excluding steroid dienone is 4. The van der Waals surface area contributed by atoms with Gasteiger partial charge in [-0.25, -0.2) is 0 Å². The highest BCUT2D eigenvalue weighted by Gasteiger charge is 2.73. The molecule has 4 heterocycles. The highest BCUT2D eigenvalue weighted by molar-refractivity contribution is 5.77. The Labute approximate surface area is 326 Å². The summed E-state index contributed by atoms with van der Waals surface area (Å²) >= 11 is 0. The molecule has 9 N–H and O–H groups in total. The summed E-state index contributed by atoms with van der Waals surface area (Å²) in [6, 6.07) is 0. The molecule has 4 aliphatic carbocycles. The normalized spacial score (nSPS) is 53.5. The predicted molar refractivity (Wildman–Crippen MR) is 191 cm³/mol. The maximum atomic E-state index is 13.6. The van der Waals surface area contributed by atoms with Gasteiger partial charge in [-0.15, -0.1) is 0 Å². The Morgan fingerprint density at radius 2 is 1.66 bits per heavy atom. The molecule has 0 aromatic carbocycles. The number of carbonyl (C=O) groups is 1. The number of esters is 1. The maximum absolute atomic E-state index is 13.6. The molecule has 316 valence electrons. The molecule has 0 bridgehead atoms. The monoisotopic (exact) mass is 796 g/mol. The average molecular weight is 797 g/mol. The molecule has 8 aliphatic rings. The minimum Gasteiger partial charge on any atom is -0.456 e. The fraction of sp³-hybridized carbons (Fsp3) is 0.875. The van der Waals surface area contributed by atoms with Gasteiger partial charge in [0.2, 0.25) is 0 Å². The van der Waals surface area contributed by atoms with Gasteiger partial charge >= 0.3 is 5.97 Å². The number of fused-ring (bicyclic) bond motifs is 5. The third-order valence-corrected chi connectivity index (χ3v) is 15.5. The van der Waals surface area contributed by atoms with Crippen LogP contribution in [0.5, 0.6) is 0 Å². The van der Waals surface area contributed by atoms with E-state index in [0.29, 0.717) is 19.3 Å². The number of rotatable bonds is 8. The lowest BCUT2D eigenvalue weighted by molar-refractivity contribution is -0.355. The van der Waals surface area contributed by atoms with Gasteiger partial charge in [0.25, 0.3) is 0 Å². The van der Waals surface area contributed by atoms with Crippen molar-refractivity contribution in [3.63, 3.8) is 0 Å². The van der Waals surface area contributed by atoms with Crippen molar-refractivity contribution in [3.05, 3.63) is 22.8 Å². The van der Waals surface area contributed by atoms with Crippen molar-refractivity contribution < 1.29 is 79.2 Å². The van der Waals surface area contributed by atoms with Crippen LogP contribution in [0, 0.1) is 34.5 Å². The lowest BCUT2D eigenvalue weighted by Crippen LogP contribution is -2.63. The largest absolute Gasteiger partial charge is 0.456 e. The van der Waals surface area contributed by atoms with E-state index in [1.54, 1.807) is 6.92 Å². The zero-order chi connectivity index (χ0) is 40.3. The smallest absolute Gasteiger partial charge is 0.312 e. The van der Waals surface area contributed by atoms with Crippen LogP contribution < -0.4 is 0 Å². The van der Waals surface area contributed by atoms with Gasteiger partial charge in [-0.1, -0.05) is 32.4 Å². The highest BCUT2D eigenvalue weighted by atomic mass is 16.7. The van der Waals surface area contributed by atoms with Gasteiger partial charge in [-0.3, -0.25) is 4.79 Å². The fourth-order valence-electron chi connectivity index (χ4n) is 12.1. The van der Waals surface area contributed by atoms with Crippen LogP contribution in [0.1, 0.15) is 79.1 Å². The number of hydrogen-bond acceptors (Lipinski definition) is 16. The number of aliphatic hydroxyl groups is 9.